The number of ketones is 1. The summed E-state index contributed by atoms with van der Waals surface area (Å²) in [7, 11) is 0. The maximum atomic E-state index is 11.7. The van der Waals surface area contributed by atoms with Crippen molar-refractivity contribution in [2.45, 2.75) is 26.2 Å². The Morgan fingerprint density at radius 2 is 2.12 bits per heavy atom. The Bertz CT molecular complexity index is 589. The summed E-state index contributed by atoms with van der Waals surface area (Å²) in [5, 5.41) is 4.14. The van der Waals surface area contributed by atoms with Gasteiger partial charge in [0.25, 0.3) is 0 Å². The van der Waals surface area contributed by atoms with Crippen LogP contribution in [0.15, 0.2) is 17.0 Å². The van der Waals surface area contributed by atoms with Gasteiger partial charge in [0.2, 0.25) is 0 Å². The first-order chi connectivity index (χ1) is 8.25. The summed E-state index contributed by atoms with van der Waals surface area (Å²) in [5.74, 6) is 0.928. The van der Waals surface area contributed by atoms with Crippen LogP contribution in [0.25, 0.3) is 11.4 Å². The zero-order chi connectivity index (χ0) is 11.8. The molecule has 2 aromatic heterocycles. The average molecular weight is 244 g/mol. The van der Waals surface area contributed by atoms with Gasteiger partial charge in [0.05, 0.1) is 11.3 Å². The van der Waals surface area contributed by atoms with Gasteiger partial charge in [0.1, 0.15) is 0 Å². The molecule has 0 amide bonds. The molecule has 1 aliphatic rings. The highest BCUT2D eigenvalue weighted by atomic mass is 32.1. The molecule has 0 radical (unpaired) electrons. The number of hydrogen-bond acceptors (Lipinski definition) is 4. The molecular weight excluding hydrogens is 232 g/mol. The quantitative estimate of drug-likeness (QED) is 0.774. The number of Topliss-reactive ketones (excluding diaryl/α,β-unsaturated/α-hetero) is 1. The predicted molar refractivity (Wildman–Crippen MR) is 67.4 cm³/mol. The molecule has 0 N–H and O–H groups in total. The lowest BCUT2D eigenvalue weighted by atomic mass is 9.96. The van der Waals surface area contributed by atoms with E-state index in [0.29, 0.717) is 12.0 Å². The van der Waals surface area contributed by atoms with Gasteiger partial charge in [-0.15, -0.1) is 0 Å². The largest absolute Gasteiger partial charge is 0.294 e. The number of hydrogen-bond donors (Lipinski definition) is 0. The van der Waals surface area contributed by atoms with Crippen molar-refractivity contribution in [3.05, 3.63) is 33.8 Å². The first-order valence-electron chi connectivity index (χ1n) is 5.68. The second kappa shape index (κ2) is 4.04. The summed E-state index contributed by atoms with van der Waals surface area (Å²) in [5.41, 5.74) is 3.90. The maximum absolute atomic E-state index is 11.7. The van der Waals surface area contributed by atoms with Crippen molar-refractivity contribution < 1.29 is 4.79 Å². The number of carbonyl (C=O) groups is 1. The molecule has 0 spiro atoms. The highest BCUT2D eigenvalue weighted by molar-refractivity contribution is 7.08. The Labute approximate surface area is 104 Å². The van der Waals surface area contributed by atoms with E-state index in [0.717, 1.165) is 29.9 Å². The minimum Gasteiger partial charge on any atom is -0.294 e. The number of rotatable bonds is 1. The lowest BCUT2D eigenvalue weighted by molar-refractivity contribution is 0.0971. The summed E-state index contributed by atoms with van der Waals surface area (Å²) in [4.78, 5) is 20.5. The molecular formula is C13H12N2OS. The van der Waals surface area contributed by atoms with Crippen LogP contribution >= 0.6 is 11.3 Å². The molecule has 1 aliphatic carbocycles. The molecule has 0 saturated heterocycles. The van der Waals surface area contributed by atoms with Crippen molar-refractivity contribution in [3.63, 3.8) is 0 Å². The van der Waals surface area contributed by atoms with Gasteiger partial charge in [-0.3, -0.25) is 4.79 Å². The molecule has 2 heterocycles. The van der Waals surface area contributed by atoms with Crippen LogP contribution in [-0.2, 0) is 6.42 Å². The molecule has 0 unspecified atom stereocenters. The standard InChI is InChI=1S/C13H12N2OS/c1-8-6-17-7-10(8)13-14-5-9-11(15-13)3-2-4-12(9)16/h5-7H,2-4H2,1H3. The topological polar surface area (TPSA) is 42.9 Å². The molecule has 0 aromatic carbocycles. The van der Waals surface area contributed by atoms with Gasteiger partial charge in [-0.2, -0.15) is 11.3 Å². The first-order valence-corrected chi connectivity index (χ1v) is 6.62. The fraction of sp³-hybridized carbons (Fsp3) is 0.308. The SMILES string of the molecule is Cc1cscc1-c1ncc2c(n1)CCCC2=O. The molecule has 0 atom stereocenters. The Morgan fingerprint density at radius 1 is 1.24 bits per heavy atom. The minimum atomic E-state index is 0.180. The Kier molecular flexibility index (Phi) is 2.52. The van der Waals surface area contributed by atoms with Crippen molar-refractivity contribution in [1.82, 2.24) is 9.97 Å². The minimum absolute atomic E-state index is 0.180. The van der Waals surface area contributed by atoms with Crippen LogP contribution < -0.4 is 0 Å². The van der Waals surface area contributed by atoms with E-state index in [1.54, 1.807) is 17.5 Å². The Hall–Kier alpha value is -1.55. The van der Waals surface area contributed by atoms with Crippen LogP contribution in [0.2, 0.25) is 0 Å². The lowest BCUT2D eigenvalue weighted by Gasteiger charge is -2.13. The predicted octanol–water partition coefficient (Wildman–Crippen LogP) is 3.03. The highest BCUT2D eigenvalue weighted by Crippen LogP contribution is 2.26. The number of carbonyl (C=O) groups excluding carboxylic acids is 1. The summed E-state index contributed by atoms with van der Waals surface area (Å²) >= 11 is 1.65. The number of fused-ring (bicyclic) bond motifs is 1. The number of aryl methyl sites for hydroxylation is 2. The van der Waals surface area contributed by atoms with Gasteiger partial charge in [-0.25, -0.2) is 9.97 Å². The zero-order valence-corrected chi connectivity index (χ0v) is 10.4. The summed E-state index contributed by atoms with van der Waals surface area (Å²) in [6.07, 6.45) is 4.12. The van der Waals surface area contributed by atoms with Gasteiger partial charge in [0, 0.05) is 23.6 Å². The molecule has 0 fully saturated rings. The second-order valence-electron chi connectivity index (χ2n) is 4.30. The zero-order valence-electron chi connectivity index (χ0n) is 9.56. The third-order valence-corrected chi connectivity index (χ3v) is 3.94. The van der Waals surface area contributed by atoms with Crippen LogP contribution in [0.1, 0.15) is 34.5 Å². The van der Waals surface area contributed by atoms with Gasteiger partial charge < -0.3 is 0 Å². The van der Waals surface area contributed by atoms with Crippen molar-refractivity contribution in [2.75, 3.05) is 0 Å². The average Bonchev–Trinajstić information content (AvgIpc) is 2.75. The molecule has 3 nitrogen and oxygen atoms in total. The fourth-order valence-electron chi connectivity index (χ4n) is 2.11. The van der Waals surface area contributed by atoms with Crippen molar-refractivity contribution in [1.29, 1.82) is 0 Å². The van der Waals surface area contributed by atoms with Gasteiger partial charge in [-0.05, 0) is 30.7 Å². The molecule has 0 bridgehead atoms. The monoisotopic (exact) mass is 244 g/mol. The van der Waals surface area contributed by atoms with E-state index < -0.39 is 0 Å². The van der Waals surface area contributed by atoms with E-state index in [-0.39, 0.29) is 5.78 Å². The summed E-state index contributed by atoms with van der Waals surface area (Å²) in [6.45, 7) is 2.06. The normalized spacial score (nSPS) is 14.8. The third-order valence-electron chi connectivity index (χ3n) is 3.08. The highest BCUT2D eigenvalue weighted by Gasteiger charge is 2.20. The van der Waals surface area contributed by atoms with Crippen LogP contribution in [0.4, 0.5) is 0 Å². The van der Waals surface area contributed by atoms with E-state index in [1.807, 2.05) is 0 Å². The van der Waals surface area contributed by atoms with Crippen LogP contribution in [0.3, 0.4) is 0 Å². The number of aromatic nitrogens is 2. The van der Waals surface area contributed by atoms with Crippen LogP contribution in [0.5, 0.6) is 0 Å². The summed E-state index contributed by atoms with van der Waals surface area (Å²) < 4.78 is 0. The van der Waals surface area contributed by atoms with E-state index in [4.69, 9.17) is 0 Å². The Morgan fingerprint density at radius 3 is 2.88 bits per heavy atom. The molecule has 17 heavy (non-hydrogen) atoms. The smallest absolute Gasteiger partial charge is 0.166 e. The molecule has 3 rings (SSSR count). The second-order valence-corrected chi connectivity index (χ2v) is 5.04. The van der Waals surface area contributed by atoms with Gasteiger partial charge in [0.15, 0.2) is 11.6 Å². The van der Waals surface area contributed by atoms with Crippen molar-refractivity contribution >= 4 is 17.1 Å². The van der Waals surface area contributed by atoms with Crippen LogP contribution in [-0.4, -0.2) is 15.8 Å². The molecule has 4 heteroatoms. The fourth-order valence-corrected chi connectivity index (χ4v) is 2.94. The number of nitrogens with zero attached hydrogens (tertiary/aromatic N) is 2. The third kappa shape index (κ3) is 1.78. The van der Waals surface area contributed by atoms with E-state index in [1.165, 1.54) is 5.56 Å². The van der Waals surface area contributed by atoms with Crippen LogP contribution in [0, 0.1) is 6.92 Å². The molecule has 2 aromatic rings. The summed E-state index contributed by atoms with van der Waals surface area (Å²) in [6, 6.07) is 0. The van der Waals surface area contributed by atoms with Gasteiger partial charge >= 0.3 is 0 Å². The Balaban J connectivity index is 2.10. The molecule has 0 aliphatic heterocycles. The van der Waals surface area contributed by atoms with Crippen molar-refractivity contribution in [3.8, 4) is 11.4 Å². The van der Waals surface area contributed by atoms with E-state index in [9.17, 15) is 4.79 Å². The molecule has 0 saturated carbocycles. The first kappa shape index (κ1) is 10.6. The maximum Gasteiger partial charge on any atom is 0.166 e. The van der Waals surface area contributed by atoms with Crippen molar-refractivity contribution in [2.24, 2.45) is 0 Å². The molecule has 86 valence electrons. The number of thiophene rings is 1. The van der Waals surface area contributed by atoms with E-state index >= 15 is 0 Å². The van der Waals surface area contributed by atoms with E-state index in [2.05, 4.69) is 27.7 Å². The lowest BCUT2D eigenvalue weighted by Crippen LogP contribution is -2.13. The van der Waals surface area contributed by atoms with Gasteiger partial charge in [-0.1, -0.05) is 0 Å².